The van der Waals surface area contributed by atoms with Crippen molar-refractivity contribution in [3.63, 3.8) is 0 Å². The zero-order valence-corrected chi connectivity index (χ0v) is 11.7. The van der Waals surface area contributed by atoms with Gasteiger partial charge in [-0.1, -0.05) is 19.8 Å². The van der Waals surface area contributed by atoms with Gasteiger partial charge < -0.3 is 9.64 Å². The van der Waals surface area contributed by atoms with Crippen LogP contribution in [-0.4, -0.2) is 37.6 Å². The Hall–Kier alpha value is -0.570. The van der Waals surface area contributed by atoms with Crippen LogP contribution in [0, 0.1) is 11.8 Å². The predicted molar refractivity (Wildman–Crippen MR) is 69.8 cm³/mol. The third kappa shape index (κ3) is 4.66. The monoisotopic (exact) mass is 241 g/mol. The minimum Gasteiger partial charge on any atom is -0.466 e. The minimum absolute atomic E-state index is 0.0511. The molecule has 0 aromatic carbocycles. The van der Waals surface area contributed by atoms with Crippen molar-refractivity contribution in [2.24, 2.45) is 11.8 Å². The summed E-state index contributed by atoms with van der Waals surface area (Å²) in [5, 5.41) is 0. The van der Waals surface area contributed by atoms with E-state index in [0.717, 1.165) is 5.92 Å². The molecule has 0 aromatic rings. The van der Waals surface area contributed by atoms with Crippen LogP contribution in [0.4, 0.5) is 0 Å². The summed E-state index contributed by atoms with van der Waals surface area (Å²) in [6, 6.07) is 0.349. The van der Waals surface area contributed by atoms with Gasteiger partial charge in [0.1, 0.15) is 0 Å². The predicted octanol–water partition coefficient (Wildman–Crippen LogP) is 2.70. The Morgan fingerprint density at radius 3 is 2.35 bits per heavy atom. The van der Waals surface area contributed by atoms with Crippen molar-refractivity contribution < 1.29 is 9.53 Å². The van der Waals surface area contributed by atoms with Crippen molar-refractivity contribution in [3.8, 4) is 0 Å². The first-order valence-corrected chi connectivity index (χ1v) is 6.86. The maximum atomic E-state index is 11.6. The molecule has 0 bridgehead atoms. The normalized spacial score (nSPS) is 26.9. The van der Waals surface area contributed by atoms with Crippen LogP contribution in [0.2, 0.25) is 0 Å². The van der Waals surface area contributed by atoms with E-state index < -0.39 is 0 Å². The molecule has 1 fully saturated rings. The SMILES string of the molecule is CCOC(=O)CC(C1CCC(C)CC1)N(C)C. The Bertz CT molecular complexity index is 232. The Morgan fingerprint density at radius 2 is 1.88 bits per heavy atom. The molecule has 3 nitrogen and oxygen atoms in total. The van der Waals surface area contributed by atoms with Crippen molar-refractivity contribution >= 4 is 5.97 Å². The summed E-state index contributed by atoms with van der Waals surface area (Å²) in [4.78, 5) is 13.8. The van der Waals surface area contributed by atoms with E-state index in [0.29, 0.717) is 25.0 Å². The molecule has 17 heavy (non-hydrogen) atoms. The molecule has 100 valence electrons. The quantitative estimate of drug-likeness (QED) is 0.693. The lowest BCUT2D eigenvalue weighted by Crippen LogP contribution is -2.39. The fourth-order valence-corrected chi connectivity index (χ4v) is 2.83. The van der Waals surface area contributed by atoms with Crippen molar-refractivity contribution in [2.45, 2.75) is 52.0 Å². The van der Waals surface area contributed by atoms with Gasteiger partial charge in [-0.15, -0.1) is 0 Å². The molecule has 3 heteroatoms. The number of esters is 1. The van der Waals surface area contributed by atoms with Crippen molar-refractivity contribution in [3.05, 3.63) is 0 Å². The van der Waals surface area contributed by atoms with Gasteiger partial charge in [0.25, 0.3) is 0 Å². The Labute approximate surface area is 106 Å². The van der Waals surface area contributed by atoms with Gasteiger partial charge in [-0.25, -0.2) is 0 Å². The second kappa shape index (κ2) is 7.00. The molecule has 0 aromatic heterocycles. The minimum atomic E-state index is -0.0511. The molecule has 1 rings (SSSR count). The molecule has 1 aliphatic rings. The topological polar surface area (TPSA) is 29.5 Å². The average molecular weight is 241 g/mol. The molecular formula is C14H27NO2. The van der Waals surface area contributed by atoms with E-state index in [1.165, 1.54) is 25.7 Å². The molecule has 0 amide bonds. The van der Waals surface area contributed by atoms with Gasteiger partial charge in [-0.2, -0.15) is 0 Å². The molecule has 1 unspecified atom stereocenters. The summed E-state index contributed by atoms with van der Waals surface area (Å²) >= 11 is 0. The average Bonchev–Trinajstić information content (AvgIpc) is 2.27. The summed E-state index contributed by atoms with van der Waals surface area (Å²) in [6.45, 7) is 4.68. The molecule has 0 heterocycles. The highest BCUT2D eigenvalue weighted by atomic mass is 16.5. The van der Waals surface area contributed by atoms with Crippen LogP contribution >= 0.6 is 0 Å². The molecule has 0 saturated heterocycles. The van der Waals surface area contributed by atoms with Gasteiger partial charge in [0.05, 0.1) is 13.0 Å². The smallest absolute Gasteiger partial charge is 0.307 e. The van der Waals surface area contributed by atoms with Crippen LogP contribution in [0.5, 0.6) is 0 Å². The third-order valence-corrected chi connectivity index (χ3v) is 3.95. The van der Waals surface area contributed by atoms with Crippen LogP contribution in [0.1, 0.15) is 46.0 Å². The lowest BCUT2D eigenvalue weighted by atomic mass is 9.78. The van der Waals surface area contributed by atoms with Gasteiger partial charge in [0.15, 0.2) is 0 Å². The zero-order chi connectivity index (χ0) is 12.8. The lowest BCUT2D eigenvalue weighted by molar-refractivity contribution is -0.145. The zero-order valence-electron chi connectivity index (χ0n) is 11.7. The summed E-state index contributed by atoms with van der Waals surface area (Å²) < 4.78 is 5.07. The molecule has 0 spiro atoms. The van der Waals surface area contributed by atoms with E-state index in [-0.39, 0.29) is 5.97 Å². The molecule has 0 radical (unpaired) electrons. The highest BCUT2D eigenvalue weighted by Gasteiger charge is 2.29. The number of carbonyl (C=O) groups is 1. The van der Waals surface area contributed by atoms with Gasteiger partial charge in [-0.3, -0.25) is 4.79 Å². The number of hydrogen-bond donors (Lipinski definition) is 0. The molecule has 1 saturated carbocycles. The largest absolute Gasteiger partial charge is 0.466 e. The maximum Gasteiger partial charge on any atom is 0.307 e. The molecule has 1 aliphatic carbocycles. The van der Waals surface area contributed by atoms with Crippen molar-refractivity contribution in [1.82, 2.24) is 4.90 Å². The number of hydrogen-bond acceptors (Lipinski definition) is 3. The van der Waals surface area contributed by atoms with Crippen LogP contribution in [0.25, 0.3) is 0 Å². The summed E-state index contributed by atoms with van der Waals surface area (Å²) in [5.41, 5.74) is 0. The molecule has 0 N–H and O–H groups in total. The van der Waals surface area contributed by atoms with E-state index in [4.69, 9.17) is 4.74 Å². The van der Waals surface area contributed by atoms with Crippen LogP contribution in [0.3, 0.4) is 0 Å². The number of rotatable bonds is 5. The highest BCUT2D eigenvalue weighted by molar-refractivity contribution is 5.70. The molecule has 1 atom stereocenters. The summed E-state index contributed by atoms with van der Waals surface area (Å²) in [6.07, 6.45) is 5.66. The Kier molecular flexibility index (Phi) is 5.96. The summed E-state index contributed by atoms with van der Waals surface area (Å²) in [7, 11) is 4.14. The van der Waals surface area contributed by atoms with Gasteiger partial charge in [0.2, 0.25) is 0 Å². The second-order valence-electron chi connectivity index (χ2n) is 5.56. The fraction of sp³-hybridized carbons (Fsp3) is 0.929. The molecular weight excluding hydrogens is 214 g/mol. The number of nitrogens with zero attached hydrogens (tertiary/aromatic N) is 1. The Balaban J connectivity index is 2.50. The van der Waals surface area contributed by atoms with Crippen LogP contribution < -0.4 is 0 Å². The third-order valence-electron chi connectivity index (χ3n) is 3.95. The first-order chi connectivity index (χ1) is 8.04. The lowest BCUT2D eigenvalue weighted by Gasteiger charge is -2.36. The number of carbonyl (C=O) groups excluding carboxylic acids is 1. The van der Waals surface area contributed by atoms with E-state index in [9.17, 15) is 4.79 Å². The first-order valence-electron chi connectivity index (χ1n) is 6.86. The van der Waals surface area contributed by atoms with Gasteiger partial charge in [-0.05, 0) is 45.7 Å². The van der Waals surface area contributed by atoms with E-state index in [1.807, 2.05) is 6.92 Å². The molecule has 0 aliphatic heterocycles. The first kappa shape index (κ1) is 14.5. The van der Waals surface area contributed by atoms with Crippen molar-refractivity contribution in [1.29, 1.82) is 0 Å². The van der Waals surface area contributed by atoms with Gasteiger partial charge in [0, 0.05) is 6.04 Å². The fourth-order valence-electron chi connectivity index (χ4n) is 2.83. The Morgan fingerprint density at radius 1 is 1.29 bits per heavy atom. The van der Waals surface area contributed by atoms with Gasteiger partial charge >= 0.3 is 5.97 Å². The van der Waals surface area contributed by atoms with Crippen LogP contribution in [-0.2, 0) is 9.53 Å². The number of ether oxygens (including phenoxy) is 1. The van der Waals surface area contributed by atoms with E-state index in [1.54, 1.807) is 0 Å². The second-order valence-corrected chi connectivity index (χ2v) is 5.56. The summed E-state index contributed by atoms with van der Waals surface area (Å²) in [5.74, 6) is 1.46. The maximum absolute atomic E-state index is 11.6. The van der Waals surface area contributed by atoms with E-state index >= 15 is 0 Å². The van der Waals surface area contributed by atoms with Crippen molar-refractivity contribution in [2.75, 3.05) is 20.7 Å². The highest BCUT2D eigenvalue weighted by Crippen LogP contribution is 2.33. The standard InChI is InChI=1S/C14H27NO2/c1-5-17-14(16)10-13(15(3)4)12-8-6-11(2)7-9-12/h11-13H,5-10H2,1-4H3. The van der Waals surface area contributed by atoms with Crippen LogP contribution in [0.15, 0.2) is 0 Å². The van der Waals surface area contributed by atoms with E-state index in [2.05, 4.69) is 25.9 Å².